The van der Waals surface area contributed by atoms with Crippen LogP contribution in [0.1, 0.15) is 12.8 Å². The lowest BCUT2D eigenvalue weighted by Crippen LogP contribution is -2.27. The maximum absolute atomic E-state index is 10.8. The molecule has 2 rings (SSSR count). The van der Waals surface area contributed by atoms with E-state index in [4.69, 9.17) is 0 Å². The zero-order valence-corrected chi connectivity index (χ0v) is 5.21. The minimum absolute atomic E-state index is 0.0116. The highest BCUT2D eigenvalue weighted by atomic mass is 16.2. The molecule has 0 aromatic carbocycles. The average Bonchev–Trinajstić information content (AvgIpc) is 2.58. The normalized spacial score (nSPS) is 26.7. The first kappa shape index (κ1) is 5.09. The van der Waals surface area contributed by atoms with Gasteiger partial charge in [-0.1, -0.05) is 0 Å². The second-order valence-electron chi connectivity index (χ2n) is 2.59. The summed E-state index contributed by atoms with van der Waals surface area (Å²) in [5.74, 6) is 0. The third-order valence-corrected chi connectivity index (χ3v) is 1.82. The van der Waals surface area contributed by atoms with Crippen molar-refractivity contribution in [3.8, 4) is 0 Å². The predicted octanol–water partition coefficient (Wildman–Crippen LogP) is 0.189. The molecule has 3 nitrogen and oxygen atoms in total. The summed E-state index contributed by atoms with van der Waals surface area (Å²) < 4.78 is 0. The summed E-state index contributed by atoms with van der Waals surface area (Å²) in [6, 6.07) is 0.571. The molecule has 0 unspecified atom stereocenters. The Morgan fingerprint density at radius 1 is 1.56 bits per heavy atom. The van der Waals surface area contributed by atoms with Crippen molar-refractivity contribution in [2.75, 3.05) is 13.1 Å². The van der Waals surface area contributed by atoms with Crippen LogP contribution < -0.4 is 5.32 Å². The van der Waals surface area contributed by atoms with E-state index in [1.807, 2.05) is 4.90 Å². The van der Waals surface area contributed by atoms with Crippen molar-refractivity contribution in [2.24, 2.45) is 0 Å². The van der Waals surface area contributed by atoms with Gasteiger partial charge in [0.1, 0.15) is 0 Å². The molecular formula is C6H9N2O. The predicted molar refractivity (Wildman–Crippen MR) is 32.1 cm³/mol. The second-order valence-corrected chi connectivity index (χ2v) is 2.59. The van der Waals surface area contributed by atoms with Crippen LogP contribution in [0.2, 0.25) is 0 Å². The fraction of sp³-hybridized carbons (Fsp3) is 0.833. The molecule has 0 bridgehead atoms. The van der Waals surface area contributed by atoms with Crippen LogP contribution in [0.3, 0.4) is 0 Å². The van der Waals surface area contributed by atoms with E-state index in [0.717, 1.165) is 13.1 Å². The van der Waals surface area contributed by atoms with Gasteiger partial charge in [-0.3, -0.25) is 0 Å². The van der Waals surface area contributed by atoms with Crippen LogP contribution in [-0.4, -0.2) is 30.1 Å². The first-order valence-corrected chi connectivity index (χ1v) is 3.36. The lowest BCUT2D eigenvalue weighted by atomic mass is 10.5. The van der Waals surface area contributed by atoms with E-state index >= 15 is 0 Å². The van der Waals surface area contributed by atoms with Crippen molar-refractivity contribution < 1.29 is 4.79 Å². The van der Waals surface area contributed by atoms with Crippen LogP contribution in [0.4, 0.5) is 4.79 Å². The molecule has 1 saturated carbocycles. The van der Waals surface area contributed by atoms with Gasteiger partial charge in [-0.2, -0.15) is 0 Å². The summed E-state index contributed by atoms with van der Waals surface area (Å²) in [5, 5.41) is 3.77. The van der Waals surface area contributed by atoms with Crippen LogP contribution >= 0.6 is 0 Å². The molecule has 49 valence electrons. The Balaban J connectivity index is 2.01. The minimum atomic E-state index is 0.0116. The van der Waals surface area contributed by atoms with Crippen LogP contribution in [0, 0.1) is 0 Å². The molecule has 1 heterocycles. The molecule has 2 fully saturated rings. The van der Waals surface area contributed by atoms with Crippen LogP contribution in [0.25, 0.3) is 0 Å². The molecule has 1 aliphatic heterocycles. The summed E-state index contributed by atoms with van der Waals surface area (Å²) in [7, 11) is 0. The zero-order valence-electron chi connectivity index (χ0n) is 5.21. The Morgan fingerprint density at radius 2 is 2.33 bits per heavy atom. The van der Waals surface area contributed by atoms with Gasteiger partial charge in [0.05, 0.1) is 6.54 Å². The summed E-state index contributed by atoms with van der Waals surface area (Å²) >= 11 is 0. The zero-order chi connectivity index (χ0) is 6.27. The molecule has 0 N–H and O–H groups in total. The Hall–Kier alpha value is -0.730. The number of urea groups is 1. The van der Waals surface area contributed by atoms with Crippen molar-refractivity contribution in [3.05, 3.63) is 0 Å². The topological polar surface area (TPSA) is 34.4 Å². The molecular weight excluding hydrogens is 116 g/mol. The van der Waals surface area contributed by atoms with E-state index in [-0.39, 0.29) is 6.03 Å². The number of hydrogen-bond donors (Lipinski definition) is 0. The fourth-order valence-electron chi connectivity index (χ4n) is 1.16. The Labute approximate surface area is 54.0 Å². The van der Waals surface area contributed by atoms with Crippen LogP contribution in [0.15, 0.2) is 0 Å². The van der Waals surface area contributed by atoms with E-state index in [2.05, 4.69) is 5.32 Å². The van der Waals surface area contributed by atoms with Crippen molar-refractivity contribution in [1.82, 2.24) is 10.2 Å². The van der Waals surface area contributed by atoms with E-state index in [9.17, 15) is 4.79 Å². The SMILES string of the molecule is O=C1[N]CCN1C1CC1. The average molecular weight is 125 g/mol. The first-order valence-electron chi connectivity index (χ1n) is 3.36. The summed E-state index contributed by atoms with van der Waals surface area (Å²) in [5.41, 5.74) is 0. The summed E-state index contributed by atoms with van der Waals surface area (Å²) in [6.07, 6.45) is 2.39. The number of nitrogens with zero attached hydrogens (tertiary/aromatic N) is 2. The Morgan fingerprint density at radius 3 is 2.78 bits per heavy atom. The smallest absolute Gasteiger partial charge is 0.318 e. The second kappa shape index (κ2) is 1.62. The van der Waals surface area contributed by atoms with Gasteiger partial charge >= 0.3 is 6.03 Å². The van der Waals surface area contributed by atoms with Gasteiger partial charge < -0.3 is 4.90 Å². The standard InChI is InChI=1S/C6H9N2O/c9-6-7-3-4-8(6)5-1-2-5/h5H,1-4H2. The number of carbonyl (C=O) groups excluding carboxylic acids is 1. The van der Waals surface area contributed by atoms with Crippen molar-refractivity contribution in [1.29, 1.82) is 0 Å². The Kier molecular flexibility index (Phi) is 0.917. The molecule has 1 saturated heterocycles. The van der Waals surface area contributed by atoms with E-state index in [0.29, 0.717) is 6.04 Å². The third-order valence-electron chi connectivity index (χ3n) is 1.82. The minimum Gasteiger partial charge on any atom is -0.318 e. The molecule has 3 heteroatoms. The molecule has 9 heavy (non-hydrogen) atoms. The molecule has 2 aliphatic rings. The van der Waals surface area contributed by atoms with Gasteiger partial charge in [-0.05, 0) is 12.8 Å². The number of rotatable bonds is 1. The molecule has 1 radical (unpaired) electrons. The molecule has 2 amide bonds. The highest BCUT2D eigenvalue weighted by Crippen LogP contribution is 2.27. The maximum atomic E-state index is 10.8. The highest BCUT2D eigenvalue weighted by molar-refractivity contribution is 5.76. The quantitative estimate of drug-likeness (QED) is 0.492. The molecule has 0 aromatic heterocycles. The molecule has 0 aromatic rings. The monoisotopic (exact) mass is 125 g/mol. The Bertz CT molecular complexity index is 142. The van der Waals surface area contributed by atoms with Gasteiger partial charge in [-0.25, -0.2) is 10.1 Å². The van der Waals surface area contributed by atoms with Gasteiger partial charge in [0.2, 0.25) is 0 Å². The molecule has 0 atom stereocenters. The largest absolute Gasteiger partial charge is 0.339 e. The third kappa shape index (κ3) is 0.763. The van der Waals surface area contributed by atoms with E-state index in [1.54, 1.807) is 0 Å². The van der Waals surface area contributed by atoms with Crippen molar-refractivity contribution in [3.63, 3.8) is 0 Å². The lowest BCUT2D eigenvalue weighted by molar-refractivity contribution is 0.215. The van der Waals surface area contributed by atoms with Gasteiger partial charge in [0, 0.05) is 12.6 Å². The number of carbonyl (C=O) groups is 1. The van der Waals surface area contributed by atoms with E-state index in [1.165, 1.54) is 12.8 Å². The van der Waals surface area contributed by atoms with Gasteiger partial charge in [0.25, 0.3) is 0 Å². The number of hydrogen-bond acceptors (Lipinski definition) is 1. The fourth-order valence-corrected chi connectivity index (χ4v) is 1.16. The lowest BCUT2D eigenvalue weighted by Gasteiger charge is -2.10. The first-order chi connectivity index (χ1) is 4.38. The highest BCUT2D eigenvalue weighted by Gasteiger charge is 2.35. The van der Waals surface area contributed by atoms with Crippen LogP contribution in [-0.2, 0) is 0 Å². The van der Waals surface area contributed by atoms with E-state index < -0.39 is 0 Å². The van der Waals surface area contributed by atoms with Crippen LogP contribution in [0.5, 0.6) is 0 Å². The summed E-state index contributed by atoms with van der Waals surface area (Å²) in [4.78, 5) is 12.7. The van der Waals surface area contributed by atoms with Gasteiger partial charge in [0.15, 0.2) is 0 Å². The summed E-state index contributed by atoms with van der Waals surface area (Å²) in [6.45, 7) is 1.58. The molecule has 1 aliphatic carbocycles. The number of amides is 2. The van der Waals surface area contributed by atoms with Crippen molar-refractivity contribution >= 4 is 6.03 Å². The van der Waals surface area contributed by atoms with Gasteiger partial charge in [-0.15, -0.1) is 0 Å². The van der Waals surface area contributed by atoms with Crippen molar-refractivity contribution in [2.45, 2.75) is 18.9 Å². The maximum Gasteiger partial charge on any atom is 0.339 e. The molecule has 0 spiro atoms.